The average Bonchev–Trinajstić information content (AvgIpc) is 3.26. The van der Waals surface area contributed by atoms with Crippen molar-refractivity contribution in [1.29, 1.82) is 0 Å². The summed E-state index contributed by atoms with van der Waals surface area (Å²) in [5.74, 6) is -2.07. The Morgan fingerprint density at radius 2 is 1.88 bits per heavy atom. The lowest BCUT2D eigenvalue weighted by Crippen LogP contribution is -2.19. The van der Waals surface area contributed by atoms with Gasteiger partial charge in [-0.25, -0.2) is 8.42 Å². The lowest BCUT2D eigenvalue weighted by Gasteiger charge is -2.05. The number of sulfone groups is 1. The van der Waals surface area contributed by atoms with Crippen molar-refractivity contribution in [2.24, 2.45) is 0 Å². The molecule has 1 aromatic carbocycles. The number of nitrogens with zero attached hydrogens (tertiary/aromatic N) is 3. The van der Waals surface area contributed by atoms with Crippen molar-refractivity contribution >= 4 is 32.7 Å². The van der Waals surface area contributed by atoms with Crippen LogP contribution in [0.4, 0.5) is 0 Å². The van der Waals surface area contributed by atoms with Crippen LogP contribution in [0.3, 0.4) is 0 Å². The number of Topliss-reactive ketones (excluding diaryl/α,β-unsaturated/α-hetero) is 2. The molecule has 0 aliphatic heterocycles. The Kier molecular flexibility index (Phi) is 4.32. The van der Waals surface area contributed by atoms with Crippen molar-refractivity contribution in [3.05, 3.63) is 52.5 Å². The monoisotopic (exact) mass is 362 g/mol. The van der Waals surface area contributed by atoms with Gasteiger partial charge in [0.1, 0.15) is 0 Å². The number of rotatable bonds is 6. The van der Waals surface area contributed by atoms with Gasteiger partial charge in [0.25, 0.3) is 5.78 Å². The minimum atomic E-state index is -3.75. The normalized spacial score (nSPS) is 11.3. The van der Waals surface area contributed by atoms with E-state index < -0.39 is 21.4 Å². The maximum Gasteiger partial charge on any atom is 0.269 e. The highest BCUT2D eigenvalue weighted by molar-refractivity contribution is 7.91. The highest BCUT2D eigenvalue weighted by Crippen LogP contribution is 2.27. The van der Waals surface area contributed by atoms with E-state index in [1.165, 1.54) is 22.9 Å². The molecule has 3 rings (SSSR count). The van der Waals surface area contributed by atoms with Gasteiger partial charge in [-0.05, 0) is 28.3 Å². The Morgan fingerprint density at radius 1 is 1.12 bits per heavy atom. The van der Waals surface area contributed by atoms with E-state index in [9.17, 15) is 18.0 Å². The number of nitrogens with one attached hydrogen (secondary N) is 1. The van der Waals surface area contributed by atoms with E-state index in [0.29, 0.717) is 0 Å². The Morgan fingerprint density at radius 3 is 2.54 bits per heavy atom. The van der Waals surface area contributed by atoms with Gasteiger partial charge in [0.2, 0.25) is 21.4 Å². The molecule has 24 heavy (non-hydrogen) atoms. The summed E-state index contributed by atoms with van der Waals surface area (Å²) < 4.78 is 25.3. The van der Waals surface area contributed by atoms with Crippen LogP contribution in [0.1, 0.15) is 16.2 Å². The fourth-order valence-electron chi connectivity index (χ4n) is 2.04. The molecule has 0 spiro atoms. The summed E-state index contributed by atoms with van der Waals surface area (Å²) in [4.78, 5) is 24.1. The van der Waals surface area contributed by atoms with Crippen LogP contribution < -0.4 is 0 Å². The third-order valence-corrected chi connectivity index (χ3v) is 5.99. The van der Waals surface area contributed by atoms with E-state index in [-0.39, 0.29) is 27.6 Å². The minimum absolute atomic E-state index is 0.0213. The van der Waals surface area contributed by atoms with E-state index in [2.05, 4.69) is 20.6 Å². The van der Waals surface area contributed by atoms with Gasteiger partial charge in [-0.1, -0.05) is 18.2 Å². The van der Waals surface area contributed by atoms with Crippen LogP contribution in [0.5, 0.6) is 0 Å². The molecule has 3 aromatic rings. The van der Waals surface area contributed by atoms with E-state index in [4.69, 9.17) is 0 Å². The number of hydrogen-bond donors (Lipinski definition) is 1. The lowest BCUT2D eigenvalue weighted by molar-refractivity contribution is -0.114. The molecule has 0 bridgehead atoms. The quantitative estimate of drug-likeness (QED) is 0.514. The molecular formula is C14H10N4O4S2. The molecule has 0 aliphatic rings. The molecule has 8 nitrogen and oxygen atoms in total. The largest absolute Gasteiger partial charge is 0.290 e. The number of carbonyl (C=O) groups is 2. The highest BCUT2D eigenvalue weighted by atomic mass is 32.2. The molecule has 0 aliphatic carbocycles. The standard InChI is InChI=1S/C14H10N4O4S2/c19-11(13(20)14-15-17-18-16-14)6-9-7-23-8-12(9)24(21,22)10-4-2-1-3-5-10/h1-5,7-8H,6H2,(H,15,16,17,18). The topological polar surface area (TPSA) is 123 Å². The van der Waals surface area contributed by atoms with E-state index in [0.717, 1.165) is 11.3 Å². The molecule has 0 saturated carbocycles. The van der Waals surface area contributed by atoms with Crippen LogP contribution in [-0.4, -0.2) is 40.6 Å². The summed E-state index contributed by atoms with van der Waals surface area (Å²) in [5, 5.41) is 15.2. The van der Waals surface area contributed by atoms with Crippen molar-refractivity contribution in [3.63, 3.8) is 0 Å². The molecule has 1 N–H and O–H groups in total. The van der Waals surface area contributed by atoms with Gasteiger partial charge >= 0.3 is 0 Å². The Hall–Kier alpha value is -2.72. The highest BCUT2D eigenvalue weighted by Gasteiger charge is 2.26. The van der Waals surface area contributed by atoms with Crippen LogP contribution in [-0.2, 0) is 21.1 Å². The number of carbonyl (C=O) groups excluding carboxylic acids is 2. The molecule has 0 unspecified atom stereocenters. The number of thiophene rings is 1. The summed E-state index contributed by atoms with van der Waals surface area (Å²) >= 11 is 1.15. The van der Waals surface area contributed by atoms with E-state index in [1.54, 1.807) is 18.2 Å². The molecule has 0 saturated heterocycles. The van der Waals surface area contributed by atoms with E-state index >= 15 is 0 Å². The maximum atomic E-state index is 12.7. The third kappa shape index (κ3) is 3.01. The van der Waals surface area contributed by atoms with Gasteiger partial charge in [-0.3, -0.25) is 9.59 Å². The zero-order valence-electron chi connectivity index (χ0n) is 12.0. The fourth-order valence-corrected chi connectivity index (χ4v) is 4.75. The first-order chi connectivity index (χ1) is 11.5. The zero-order chi connectivity index (χ0) is 17.2. The van der Waals surface area contributed by atoms with E-state index in [1.807, 2.05) is 0 Å². The predicted octanol–water partition coefficient (Wildman–Crippen LogP) is 1.09. The number of benzene rings is 1. The third-order valence-electron chi connectivity index (χ3n) is 3.20. The molecule has 0 atom stereocenters. The summed E-state index contributed by atoms with van der Waals surface area (Å²) in [6.45, 7) is 0. The number of ketones is 2. The average molecular weight is 362 g/mol. The molecule has 0 radical (unpaired) electrons. The van der Waals surface area contributed by atoms with Crippen LogP contribution in [0.25, 0.3) is 0 Å². The second kappa shape index (κ2) is 6.42. The lowest BCUT2D eigenvalue weighted by atomic mass is 10.1. The molecule has 0 amide bonds. The maximum absolute atomic E-state index is 12.7. The van der Waals surface area contributed by atoms with Gasteiger partial charge in [0.05, 0.1) is 9.79 Å². The van der Waals surface area contributed by atoms with Gasteiger partial charge in [0.15, 0.2) is 0 Å². The van der Waals surface area contributed by atoms with Crippen LogP contribution in [0.2, 0.25) is 0 Å². The second-order valence-electron chi connectivity index (χ2n) is 4.74. The summed E-state index contributed by atoms with van der Waals surface area (Å²) in [6, 6.07) is 7.89. The number of H-pyrrole nitrogens is 1. The van der Waals surface area contributed by atoms with Gasteiger partial charge in [0, 0.05) is 11.8 Å². The SMILES string of the molecule is O=C(Cc1cscc1S(=O)(=O)c1ccccc1)C(=O)c1nn[nH]n1. The Labute approximate surface area is 140 Å². The zero-order valence-corrected chi connectivity index (χ0v) is 13.7. The first kappa shape index (κ1) is 16.1. The summed E-state index contributed by atoms with van der Waals surface area (Å²) in [7, 11) is -3.75. The minimum Gasteiger partial charge on any atom is -0.290 e. The first-order valence-corrected chi connectivity index (χ1v) is 9.09. The summed E-state index contributed by atoms with van der Waals surface area (Å²) in [6.07, 6.45) is -0.349. The molecular weight excluding hydrogens is 352 g/mol. The second-order valence-corrected chi connectivity index (χ2v) is 7.40. The van der Waals surface area contributed by atoms with Crippen LogP contribution in [0, 0.1) is 0 Å². The molecule has 122 valence electrons. The van der Waals surface area contributed by atoms with Gasteiger partial charge in [-0.2, -0.15) is 16.6 Å². The van der Waals surface area contributed by atoms with Crippen molar-refractivity contribution in [3.8, 4) is 0 Å². The van der Waals surface area contributed by atoms with Crippen molar-refractivity contribution < 1.29 is 18.0 Å². The van der Waals surface area contributed by atoms with Crippen molar-refractivity contribution in [2.75, 3.05) is 0 Å². The number of tetrazole rings is 1. The number of aromatic amines is 1. The predicted molar refractivity (Wildman–Crippen MR) is 83.4 cm³/mol. The van der Waals surface area contributed by atoms with Crippen LogP contribution >= 0.6 is 11.3 Å². The smallest absolute Gasteiger partial charge is 0.269 e. The fraction of sp³-hybridized carbons (Fsp3) is 0.0714. The van der Waals surface area contributed by atoms with Crippen LogP contribution in [0.15, 0.2) is 50.9 Å². The van der Waals surface area contributed by atoms with Gasteiger partial charge < -0.3 is 0 Å². The number of hydrogen-bond acceptors (Lipinski definition) is 8. The Balaban J connectivity index is 1.89. The summed E-state index contributed by atoms with van der Waals surface area (Å²) in [5.41, 5.74) is 0.269. The first-order valence-electron chi connectivity index (χ1n) is 6.66. The Bertz CT molecular complexity index is 979. The van der Waals surface area contributed by atoms with Crippen molar-refractivity contribution in [1.82, 2.24) is 20.6 Å². The molecule has 2 aromatic heterocycles. The van der Waals surface area contributed by atoms with Crippen molar-refractivity contribution in [2.45, 2.75) is 16.2 Å². The van der Waals surface area contributed by atoms with Gasteiger partial charge in [-0.15, -0.1) is 10.2 Å². The molecule has 0 fully saturated rings. The molecule has 2 heterocycles. The number of aromatic nitrogens is 4. The molecule has 10 heteroatoms.